The van der Waals surface area contributed by atoms with E-state index in [9.17, 15) is 9.90 Å². The second kappa shape index (κ2) is 3.70. The van der Waals surface area contributed by atoms with Crippen molar-refractivity contribution in [3.05, 3.63) is 28.6 Å². The maximum Gasteiger partial charge on any atom is 0.363 e. The molecule has 4 N–H and O–H groups in total. The highest BCUT2D eigenvalue weighted by molar-refractivity contribution is 5.88. The summed E-state index contributed by atoms with van der Waals surface area (Å²) < 4.78 is 4.75. The number of nitrogen functional groups attached to an aromatic ring is 1. The fraction of sp³-hybridized carbons (Fsp3) is 0. The average Bonchev–Trinajstić information content (AvgIpc) is 2.14. The number of phenolic OH excluding ortho intramolecular Hbond substituents is 1. The molecule has 0 spiro atoms. The van der Waals surface area contributed by atoms with E-state index < -0.39 is 5.63 Å². The van der Waals surface area contributed by atoms with E-state index in [1.807, 2.05) is 0 Å². The summed E-state index contributed by atoms with van der Waals surface area (Å²) in [5, 5.41) is 18.9. The molecule has 6 heteroatoms. The molecule has 15 heavy (non-hydrogen) atoms. The SMILES string of the molecule is Cl.Nc1c(O)c2ccc(O)cc2oc1=O. The van der Waals surface area contributed by atoms with E-state index in [-0.39, 0.29) is 35.2 Å². The van der Waals surface area contributed by atoms with Gasteiger partial charge in [0.15, 0.2) is 11.4 Å². The third-order valence-corrected chi connectivity index (χ3v) is 1.90. The highest BCUT2D eigenvalue weighted by atomic mass is 35.5. The van der Waals surface area contributed by atoms with Gasteiger partial charge in [-0.3, -0.25) is 0 Å². The van der Waals surface area contributed by atoms with Crippen molar-refractivity contribution in [3.63, 3.8) is 0 Å². The van der Waals surface area contributed by atoms with Crippen LogP contribution in [0.5, 0.6) is 11.5 Å². The summed E-state index contributed by atoms with van der Waals surface area (Å²) in [4.78, 5) is 11.0. The summed E-state index contributed by atoms with van der Waals surface area (Å²) in [6.07, 6.45) is 0. The molecule has 0 saturated carbocycles. The summed E-state index contributed by atoms with van der Waals surface area (Å²) in [6.45, 7) is 0. The Hall–Kier alpha value is -1.88. The first-order chi connectivity index (χ1) is 6.59. The number of hydrogen-bond donors (Lipinski definition) is 3. The van der Waals surface area contributed by atoms with Crippen molar-refractivity contribution >= 4 is 29.1 Å². The van der Waals surface area contributed by atoms with Crippen LogP contribution in [-0.2, 0) is 0 Å². The molecule has 0 fully saturated rings. The maximum absolute atomic E-state index is 11.0. The Morgan fingerprint density at radius 1 is 1.27 bits per heavy atom. The second-order valence-corrected chi connectivity index (χ2v) is 2.83. The van der Waals surface area contributed by atoms with Gasteiger partial charge in [-0.05, 0) is 12.1 Å². The number of fused-ring (bicyclic) bond motifs is 1. The minimum Gasteiger partial charge on any atom is -0.508 e. The lowest BCUT2D eigenvalue weighted by Gasteiger charge is -2.01. The highest BCUT2D eigenvalue weighted by Crippen LogP contribution is 2.29. The Bertz CT molecular complexity index is 564. The minimum atomic E-state index is -0.819. The third kappa shape index (κ3) is 1.69. The molecule has 2 rings (SSSR count). The number of hydrogen-bond acceptors (Lipinski definition) is 5. The zero-order valence-corrected chi connectivity index (χ0v) is 8.25. The van der Waals surface area contributed by atoms with Crippen molar-refractivity contribution in [2.24, 2.45) is 0 Å². The van der Waals surface area contributed by atoms with E-state index in [1.165, 1.54) is 18.2 Å². The fourth-order valence-corrected chi connectivity index (χ4v) is 1.19. The lowest BCUT2D eigenvalue weighted by atomic mass is 10.2. The topological polar surface area (TPSA) is 96.7 Å². The van der Waals surface area contributed by atoms with Crippen LogP contribution in [0.15, 0.2) is 27.4 Å². The van der Waals surface area contributed by atoms with Crippen molar-refractivity contribution < 1.29 is 14.6 Å². The molecule has 1 heterocycles. The van der Waals surface area contributed by atoms with Gasteiger partial charge < -0.3 is 20.4 Å². The van der Waals surface area contributed by atoms with Gasteiger partial charge >= 0.3 is 5.63 Å². The van der Waals surface area contributed by atoms with Crippen molar-refractivity contribution in [1.29, 1.82) is 0 Å². The van der Waals surface area contributed by atoms with Crippen LogP contribution in [0, 0.1) is 0 Å². The summed E-state index contributed by atoms with van der Waals surface area (Å²) in [7, 11) is 0. The Morgan fingerprint density at radius 2 is 1.93 bits per heavy atom. The summed E-state index contributed by atoms with van der Waals surface area (Å²) in [5.41, 5.74) is 4.22. The van der Waals surface area contributed by atoms with Gasteiger partial charge in [-0.15, -0.1) is 12.4 Å². The fourth-order valence-electron chi connectivity index (χ4n) is 1.19. The van der Waals surface area contributed by atoms with Crippen molar-refractivity contribution in [2.45, 2.75) is 0 Å². The smallest absolute Gasteiger partial charge is 0.363 e. The number of benzene rings is 1. The molecular weight excluding hydrogens is 222 g/mol. The largest absolute Gasteiger partial charge is 0.508 e. The minimum absolute atomic E-state index is 0. The standard InChI is InChI=1S/C9H7NO4.ClH/c10-7-8(12)5-2-1-4(11)3-6(5)14-9(7)13;/h1-3,11-12H,10H2;1H. The molecule has 0 amide bonds. The van der Waals surface area contributed by atoms with Crippen LogP contribution in [0.3, 0.4) is 0 Å². The van der Waals surface area contributed by atoms with Gasteiger partial charge in [0.1, 0.15) is 11.3 Å². The highest BCUT2D eigenvalue weighted by Gasteiger charge is 2.10. The van der Waals surface area contributed by atoms with Gasteiger partial charge in [-0.2, -0.15) is 0 Å². The molecule has 0 unspecified atom stereocenters. The Kier molecular flexibility index (Phi) is 2.76. The van der Waals surface area contributed by atoms with Crippen molar-refractivity contribution in [3.8, 4) is 11.5 Å². The van der Waals surface area contributed by atoms with Gasteiger partial charge in [-0.1, -0.05) is 0 Å². The van der Waals surface area contributed by atoms with E-state index in [0.717, 1.165) is 0 Å². The van der Waals surface area contributed by atoms with Gasteiger partial charge in [-0.25, -0.2) is 4.79 Å². The van der Waals surface area contributed by atoms with Crippen LogP contribution in [-0.4, -0.2) is 10.2 Å². The molecule has 5 nitrogen and oxygen atoms in total. The van der Waals surface area contributed by atoms with Gasteiger partial charge in [0.2, 0.25) is 0 Å². The molecular formula is C9H8ClNO4. The van der Waals surface area contributed by atoms with E-state index >= 15 is 0 Å². The predicted molar refractivity (Wildman–Crippen MR) is 57.5 cm³/mol. The molecule has 80 valence electrons. The number of rotatable bonds is 0. The number of aromatic hydroxyl groups is 2. The van der Waals surface area contributed by atoms with Crippen molar-refractivity contribution in [2.75, 3.05) is 5.73 Å². The molecule has 0 aliphatic carbocycles. The van der Waals surface area contributed by atoms with Crippen LogP contribution in [0.25, 0.3) is 11.0 Å². The average molecular weight is 230 g/mol. The zero-order valence-electron chi connectivity index (χ0n) is 7.43. The summed E-state index contributed by atoms with van der Waals surface area (Å²) >= 11 is 0. The normalized spacial score (nSPS) is 9.87. The number of anilines is 1. The Morgan fingerprint density at radius 3 is 2.60 bits per heavy atom. The Labute approximate surface area is 90.2 Å². The molecule has 0 aliphatic heterocycles. The lowest BCUT2D eigenvalue weighted by Crippen LogP contribution is -2.06. The molecule has 0 bridgehead atoms. The molecule has 0 radical (unpaired) electrons. The first-order valence-corrected chi connectivity index (χ1v) is 3.84. The first kappa shape index (κ1) is 11.2. The molecule has 1 aromatic heterocycles. The zero-order chi connectivity index (χ0) is 10.3. The molecule has 0 atom stereocenters. The van der Waals surface area contributed by atoms with Gasteiger partial charge in [0.25, 0.3) is 0 Å². The van der Waals surface area contributed by atoms with Gasteiger partial charge in [0, 0.05) is 6.07 Å². The first-order valence-electron chi connectivity index (χ1n) is 3.84. The molecule has 0 saturated heterocycles. The summed E-state index contributed by atoms with van der Waals surface area (Å²) in [6, 6.07) is 4.01. The van der Waals surface area contributed by atoms with E-state index in [4.69, 9.17) is 15.3 Å². The lowest BCUT2D eigenvalue weighted by molar-refractivity contribution is 0.465. The van der Waals surface area contributed by atoms with E-state index in [0.29, 0.717) is 5.39 Å². The van der Waals surface area contributed by atoms with Crippen LogP contribution in [0.4, 0.5) is 5.69 Å². The monoisotopic (exact) mass is 229 g/mol. The molecule has 1 aromatic carbocycles. The summed E-state index contributed by atoms with van der Waals surface area (Å²) in [5.74, 6) is -0.374. The molecule has 2 aromatic rings. The van der Waals surface area contributed by atoms with E-state index in [1.54, 1.807) is 0 Å². The Balaban J connectivity index is 0.00000112. The molecule has 0 aliphatic rings. The maximum atomic E-state index is 11.0. The second-order valence-electron chi connectivity index (χ2n) is 2.83. The van der Waals surface area contributed by atoms with E-state index in [2.05, 4.69) is 0 Å². The third-order valence-electron chi connectivity index (χ3n) is 1.90. The van der Waals surface area contributed by atoms with Crippen LogP contribution >= 0.6 is 12.4 Å². The predicted octanol–water partition coefficient (Wildman–Crippen LogP) is 1.21. The van der Waals surface area contributed by atoms with Crippen molar-refractivity contribution in [1.82, 2.24) is 0 Å². The number of phenols is 1. The van der Waals surface area contributed by atoms with Crippen LogP contribution in [0.1, 0.15) is 0 Å². The number of nitrogens with two attached hydrogens (primary N) is 1. The van der Waals surface area contributed by atoms with Gasteiger partial charge in [0.05, 0.1) is 5.39 Å². The quantitative estimate of drug-likeness (QED) is 0.590. The van der Waals surface area contributed by atoms with Crippen LogP contribution in [0.2, 0.25) is 0 Å². The number of halogens is 1. The van der Waals surface area contributed by atoms with Crippen LogP contribution < -0.4 is 11.4 Å².